The molecule has 2 aromatic rings. The highest BCUT2D eigenvalue weighted by atomic mass is 16.5. The van der Waals surface area contributed by atoms with Gasteiger partial charge in [-0.05, 0) is 29.7 Å². The molecule has 0 saturated carbocycles. The Morgan fingerprint density at radius 3 is 2.35 bits per heavy atom. The van der Waals surface area contributed by atoms with Gasteiger partial charge in [-0.3, -0.25) is 4.79 Å². The second kappa shape index (κ2) is 8.58. The molecule has 0 atom stereocenters. The molecular weight excluding hydrogens is 294 g/mol. The van der Waals surface area contributed by atoms with Crippen molar-refractivity contribution in [3.05, 3.63) is 72.3 Å². The Labute approximate surface area is 135 Å². The summed E-state index contributed by atoms with van der Waals surface area (Å²) in [6.07, 6.45) is 0.0474. The van der Waals surface area contributed by atoms with Crippen molar-refractivity contribution in [2.24, 2.45) is 0 Å². The van der Waals surface area contributed by atoms with Gasteiger partial charge >= 0.3 is 12.1 Å². The van der Waals surface area contributed by atoms with Gasteiger partial charge in [-0.2, -0.15) is 0 Å². The number of carbonyl (C=O) groups is 2. The van der Waals surface area contributed by atoms with Gasteiger partial charge in [0.2, 0.25) is 0 Å². The summed E-state index contributed by atoms with van der Waals surface area (Å²) < 4.78 is 10.0. The Morgan fingerprint density at radius 1 is 1.00 bits per heavy atom. The third-order valence-corrected chi connectivity index (χ3v) is 2.96. The van der Waals surface area contributed by atoms with Crippen molar-refractivity contribution >= 4 is 12.1 Å². The minimum absolute atomic E-state index is 0.234. The third kappa shape index (κ3) is 6.22. The molecule has 0 spiro atoms. The number of amides is 1. The predicted octanol–water partition coefficient (Wildman–Crippen LogP) is 3.24. The highest BCUT2D eigenvalue weighted by Gasteiger charge is 2.03. The van der Waals surface area contributed by atoms with Gasteiger partial charge in [0, 0.05) is 6.92 Å². The van der Waals surface area contributed by atoms with Crippen molar-refractivity contribution in [2.75, 3.05) is 0 Å². The fourth-order valence-corrected chi connectivity index (χ4v) is 1.88. The van der Waals surface area contributed by atoms with E-state index in [-0.39, 0.29) is 12.6 Å². The third-order valence-electron chi connectivity index (χ3n) is 2.96. The fourth-order valence-electron chi connectivity index (χ4n) is 1.88. The molecule has 0 aliphatic carbocycles. The molecule has 5 heteroatoms. The molecule has 5 nitrogen and oxygen atoms in total. The van der Waals surface area contributed by atoms with Crippen LogP contribution >= 0.6 is 0 Å². The van der Waals surface area contributed by atoms with Crippen LogP contribution < -0.4 is 10.1 Å². The van der Waals surface area contributed by atoms with Gasteiger partial charge in [0.25, 0.3) is 0 Å². The number of ether oxygens (including phenoxy) is 2. The number of esters is 1. The maximum Gasteiger partial charge on any atom is 0.407 e. The van der Waals surface area contributed by atoms with E-state index in [9.17, 15) is 9.59 Å². The Hall–Kier alpha value is -2.82. The van der Waals surface area contributed by atoms with Gasteiger partial charge in [-0.25, -0.2) is 4.79 Å². The molecule has 0 saturated heterocycles. The fraction of sp³-hybridized carbons (Fsp3) is 0.167. The quantitative estimate of drug-likeness (QED) is 0.657. The first-order chi connectivity index (χ1) is 11.1. The average Bonchev–Trinajstić information content (AvgIpc) is 2.55. The maximum atomic E-state index is 11.6. The van der Waals surface area contributed by atoms with Gasteiger partial charge in [0.1, 0.15) is 12.4 Å². The smallest absolute Gasteiger partial charge is 0.407 e. The van der Waals surface area contributed by atoms with E-state index in [4.69, 9.17) is 9.47 Å². The summed E-state index contributed by atoms with van der Waals surface area (Å²) in [6, 6.07) is 16.5. The summed E-state index contributed by atoms with van der Waals surface area (Å²) in [5.74, 6) is 0.142. The molecule has 0 unspecified atom stereocenters. The Kier molecular flexibility index (Phi) is 6.17. The van der Waals surface area contributed by atoms with Crippen molar-refractivity contribution in [1.82, 2.24) is 5.32 Å². The number of alkyl carbamates (subject to hydrolysis) is 1. The van der Waals surface area contributed by atoms with Gasteiger partial charge in [-0.1, -0.05) is 42.5 Å². The van der Waals surface area contributed by atoms with Gasteiger partial charge in [-0.15, -0.1) is 0 Å². The first-order valence-corrected chi connectivity index (χ1v) is 7.20. The average molecular weight is 312 g/mol. The summed E-state index contributed by atoms with van der Waals surface area (Å²) in [4.78, 5) is 22.4. The molecule has 1 radical (unpaired) electrons. The van der Waals surface area contributed by atoms with Gasteiger partial charge in [0.05, 0.1) is 6.54 Å². The first kappa shape index (κ1) is 16.5. The lowest BCUT2D eigenvalue weighted by Gasteiger charge is -2.07. The van der Waals surface area contributed by atoms with E-state index in [0.29, 0.717) is 12.2 Å². The zero-order valence-electron chi connectivity index (χ0n) is 12.8. The minimum atomic E-state index is -0.495. The summed E-state index contributed by atoms with van der Waals surface area (Å²) in [6.45, 7) is 3.21. The van der Waals surface area contributed by atoms with E-state index in [1.165, 1.54) is 6.92 Å². The van der Waals surface area contributed by atoms with Gasteiger partial charge < -0.3 is 14.8 Å². The second-order valence-electron chi connectivity index (χ2n) is 4.85. The first-order valence-electron chi connectivity index (χ1n) is 7.20. The van der Waals surface area contributed by atoms with Crippen LogP contribution in [0, 0.1) is 6.54 Å². The van der Waals surface area contributed by atoms with Crippen LogP contribution in [0.15, 0.2) is 54.6 Å². The lowest BCUT2D eigenvalue weighted by atomic mass is 10.1. The van der Waals surface area contributed by atoms with Crippen LogP contribution in [0.2, 0.25) is 0 Å². The van der Waals surface area contributed by atoms with Gasteiger partial charge in [0.15, 0.2) is 0 Å². The van der Waals surface area contributed by atoms with Crippen LogP contribution in [-0.2, 0) is 22.6 Å². The summed E-state index contributed by atoms with van der Waals surface area (Å²) in [7, 11) is 0. The van der Waals surface area contributed by atoms with Crippen molar-refractivity contribution in [2.45, 2.75) is 20.0 Å². The highest BCUT2D eigenvalue weighted by Crippen LogP contribution is 2.13. The number of rotatable bonds is 6. The molecule has 0 aromatic heterocycles. The Bertz CT molecular complexity index is 638. The number of carbonyl (C=O) groups excluding carboxylic acids is 2. The molecule has 0 aliphatic heterocycles. The maximum absolute atomic E-state index is 11.6. The molecule has 2 aromatic carbocycles. The monoisotopic (exact) mass is 312 g/mol. The number of benzene rings is 2. The topological polar surface area (TPSA) is 64.6 Å². The van der Waals surface area contributed by atoms with Crippen LogP contribution in [0.3, 0.4) is 0 Å². The molecule has 1 N–H and O–H groups in total. The lowest BCUT2D eigenvalue weighted by molar-refractivity contribution is -0.131. The highest BCUT2D eigenvalue weighted by molar-refractivity contribution is 5.69. The summed E-state index contributed by atoms with van der Waals surface area (Å²) >= 11 is 0. The zero-order chi connectivity index (χ0) is 16.5. The lowest BCUT2D eigenvalue weighted by Crippen LogP contribution is -2.22. The molecule has 0 aliphatic rings. The molecule has 2 rings (SSSR count). The van der Waals surface area contributed by atoms with Crippen LogP contribution in [0.4, 0.5) is 4.79 Å². The molecular formula is C18H18NO4. The summed E-state index contributed by atoms with van der Waals surface area (Å²) in [5, 5.41) is 2.58. The van der Waals surface area contributed by atoms with Crippen molar-refractivity contribution in [1.29, 1.82) is 0 Å². The standard InChI is InChI=1S/C18H18NO4/c1-14(20)23-17-9-7-15(8-10-17)11-12-19-18(21)22-13-16-5-3-2-4-6-16/h2-10,12H,11,13H2,1H3,(H,19,21). The molecule has 0 bridgehead atoms. The molecule has 119 valence electrons. The van der Waals surface area contributed by atoms with Crippen LogP contribution in [0.5, 0.6) is 5.75 Å². The van der Waals surface area contributed by atoms with E-state index in [1.54, 1.807) is 18.7 Å². The van der Waals surface area contributed by atoms with Crippen molar-refractivity contribution in [3.63, 3.8) is 0 Å². The second-order valence-corrected chi connectivity index (χ2v) is 4.85. The largest absolute Gasteiger partial charge is 0.445 e. The molecule has 1 amide bonds. The van der Waals surface area contributed by atoms with Crippen molar-refractivity contribution in [3.8, 4) is 5.75 Å². The number of hydrogen-bond acceptors (Lipinski definition) is 4. The van der Waals surface area contributed by atoms with E-state index in [1.807, 2.05) is 42.5 Å². The number of nitrogens with one attached hydrogen (secondary N) is 1. The normalized spacial score (nSPS) is 9.96. The summed E-state index contributed by atoms with van der Waals surface area (Å²) in [5.41, 5.74) is 1.91. The predicted molar refractivity (Wildman–Crippen MR) is 85.5 cm³/mol. The van der Waals surface area contributed by atoms with E-state index < -0.39 is 6.09 Å². The van der Waals surface area contributed by atoms with Crippen LogP contribution in [0.25, 0.3) is 0 Å². The Balaban J connectivity index is 1.68. The minimum Gasteiger partial charge on any atom is -0.445 e. The van der Waals surface area contributed by atoms with E-state index >= 15 is 0 Å². The van der Waals surface area contributed by atoms with Crippen LogP contribution in [0.1, 0.15) is 18.1 Å². The SMILES string of the molecule is CC(=O)Oc1ccc(C[CH]NC(=O)OCc2ccccc2)cc1. The van der Waals surface area contributed by atoms with Crippen LogP contribution in [-0.4, -0.2) is 12.1 Å². The Morgan fingerprint density at radius 2 is 1.70 bits per heavy atom. The van der Waals surface area contributed by atoms with E-state index in [2.05, 4.69) is 5.32 Å². The molecule has 23 heavy (non-hydrogen) atoms. The molecule has 0 fully saturated rings. The molecule has 0 heterocycles. The zero-order valence-corrected chi connectivity index (χ0v) is 12.8. The van der Waals surface area contributed by atoms with Crippen molar-refractivity contribution < 1.29 is 19.1 Å². The number of hydrogen-bond donors (Lipinski definition) is 1. The van der Waals surface area contributed by atoms with E-state index in [0.717, 1.165) is 11.1 Å².